The minimum absolute atomic E-state index is 0.0678. The summed E-state index contributed by atoms with van der Waals surface area (Å²) in [4.78, 5) is 0. The molecular formula is C13H17ClN2. The molecule has 0 spiro atoms. The largest absolute Gasteiger partial charge is 0.297 e. The van der Waals surface area contributed by atoms with Crippen LogP contribution < -0.4 is 5.32 Å². The van der Waals surface area contributed by atoms with Crippen molar-refractivity contribution in [1.82, 2.24) is 5.32 Å². The molecule has 0 aliphatic carbocycles. The number of nitrogens with one attached hydrogen (secondary N) is 1. The molecule has 1 aromatic carbocycles. The monoisotopic (exact) mass is 236 g/mol. The van der Waals surface area contributed by atoms with E-state index in [0.29, 0.717) is 6.42 Å². The van der Waals surface area contributed by atoms with E-state index in [9.17, 15) is 0 Å². The van der Waals surface area contributed by atoms with E-state index in [0.717, 1.165) is 10.6 Å². The van der Waals surface area contributed by atoms with Crippen LogP contribution in [0.1, 0.15) is 26.3 Å². The van der Waals surface area contributed by atoms with Crippen LogP contribution in [-0.4, -0.2) is 11.6 Å². The normalized spacial score (nSPS) is 13.2. The van der Waals surface area contributed by atoms with Gasteiger partial charge in [0.2, 0.25) is 0 Å². The van der Waals surface area contributed by atoms with E-state index in [1.54, 1.807) is 0 Å². The Balaban J connectivity index is 2.72. The fourth-order valence-corrected chi connectivity index (χ4v) is 1.75. The molecular weight excluding hydrogens is 220 g/mol. The highest BCUT2D eigenvalue weighted by Crippen LogP contribution is 2.17. The molecule has 0 saturated heterocycles. The molecule has 0 radical (unpaired) electrons. The maximum atomic E-state index is 9.09. The van der Waals surface area contributed by atoms with Crippen molar-refractivity contribution in [2.45, 2.75) is 38.8 Å². The predicted octanol–water partition coefficient (Wildman–Crippen LogP) is 3.16. The number of hydrogen-bond donors (Lipinski definition) is 1. The summed E-state index contributed by atoms with van der Waals surface area (Å²) < 4.78 is 0. The van der Waals surface area contributed by atoms with Gasteiger partial charge in [-0.15, -0.1) is 0 Å². The van der Waals surface area contributed by atoms with Crippen molar-refractivity contribution in [2.24, 2.45) is 0 Å². The van der Waals surface area contributed by atoms with Crippen LogP contribution in [0.5, 0.6) is 0 Å². The van der Waals surface area contributed by atoms with Crippen molar-refractivity contribution >= 4 is 11.6 Å². The third kappa shape index (κ3) is 4.22. The molecule has 0 saturated carbocycles. The molecule has 86 valence electrons. The van der Waals surface area contributed by atoms with Gasteiger partial charge in [0.1, 0.15) is 0 Å². The first-order valence-electron chi connectivity index (χ1n) is 5.33. The molecule has 2 nitrogen and oxygen atoms in total. The van der Waals surface area contributed by atoms with Crippen LogP contribution in [0, 0.1) is 11.3 Å². The Kier molecular flexibility index (Phi) is 4.35. The van der Waals surface area contributed by atoms with Gasteiger partial charge in [-0.25, -0.2) is 0 Å². The summed E-state index contributed by atoms with van der Waals surface area (Å²) in [6.07, 6.45) is 0.632. The molecule has 1 unspecified atom stereocenters. The lowest BCUT2D eigenvalue weighted by Crippen LogP contribution is -2.44. The highest BCUT2D eigenvalue weighted by atomic mass is 35.5. The number of nitrogens with zero attached hydrogens (tertiary/aromatic N) is 1. The molecule has 0 amide bonds. The summed E-state index contributed by atoms with van der Waals surface area (Å²) in [5.41, 5.74) is 0.939. The van der Waals surface area contributed by atoms with Crippen molar-refractivity contribution in [2.75, 3.05) is 0 Å². The Labute approximate surface area is 102 Å². The van der Waals surface area contributed by atoms with E-state index in [1.165, 1.54) is 0 Å². The van der Waals surface area contributed by atoms with Gasteiger partial charge in [0.05, 0.1) is 12.1 Å². The minimum Gasteiger partial charge on any atom is -0.297 e. The van der Waals surface area contributed by atoms with Crippen molar-refractivity contribution in [1.29, 1.82) is 5.26 Å². The summed E-state index contributed by atoms with van der Waals surface area (Å²) in [5.74, 6) is 0. The Hall–Kier alpha value is -1.04. The molecule has 0 aliphatic heterocycles. The lowest BCUT2D eigenvalue weighted by molar-refractivity contribution is 0.394. The first-order valence-corrected chi connectivity index (χ1v) is 5.71. The molecule has 0 aromatic heterocycles. The van der Waals surface area contributed by atoms with E-state index >= 15 is 0 Å². The number of nitriles is 1. The molecule has 1 atom stereocenters. The van der Waals surface area contributed by atoms with Crippen LogP contribution in [-0.2, 0) is 6.42 Å². The topological polar surface area (TPSA) is 35.8 Å². The molecule has 0 fully saturated rings. The number of benzene rings is 1. The molecule has 1 rings (SSSR count). The quantitative estimate of drug-likeness (QED) is 0.875. The molecule has 16 heavy (non-hydrogen) atoms. The van der Waals surface area contributed by atoms with Crippen LogP contribution in [0.15, 0.2) is 24.3 Å². The zero-order valence-electron chi connectivity index (χ0n) is 9.92. The van der Waals surface area contributed by atoms with Crippen LogP contribution in [0.3, 0.4) is 0 Å². The van der Waals surface area contributed by atoms with Gasteiger partial charge >= 0.3 is 0 Å². The third-order valence-corrected chi connectivity index (χ3v) is 2.51. The maximum Gasteiger partial charge on any atom is 0.0998 e. The number of rotatable bonds is 3. The fraction of sp³-hybridized carbons (Fsp3) is 0.462. The SMILES string of the molecule is CC(C)(C)NC(C#N)Cc1ccccc1Cl. The van der Waals surface area contributed by atoms with Gasteiger partial charge < -0.3 is 0 Å². The van der Waals surface area contributed by atoms with E-state index in [2.05, 4.69) is 11.4 Å². The maximum absolute atomic E-state index is 9.09. The summed E-state index contributed by atoms with van der Waals surface area (Å²) in [6.45, 7) is 6.14. The van der Waals surface area contributed by atoms with Gasteiger partial charge in [-0.05, 0) is 32.4 Å². The van der Waals surface area contributed by atoms with Gasteiger partial charge in [-0.2, -0.15) is 5.26 Å². The average Bonchev–Trinajstić information content (AvgIpc) is 2.18. The lowest BCUT2D eigenvalue weighted by Gasteiger charge is -2.24. The number of halogens is 1. The van der Waals surface area contributed by atoms with Crippen molar-refractivity contribution < 1.29 is 0 Å². The third-order valence-electron chi connectivity index (χ3n) is 2.14. The van der Waals surface area contributed by atoms with E-state index in [4.69, 9.17) is 16.9 Å². The second-order valence-corrected chi connectivity index (χ2v) is 5.28. The molecule has 0 aliphatic rings. The highest BCUT2D eigenvalue weighted by molar-refractivity contribution is 6.31. The summed E-state index contributed by atoms with van der Waals surface area (Å²) in [7, 11) is 0. The minimum atomic E-state index is -0.208. The Morgan fingerprint density at radius 3 is 2.50 bits per heavy atom. The summed E-state index contributed by atoms with van der Waals surface area (Å²) >= 11 is 6.06. The Bertz CT molecular complexity index is 388. The molecule has 0 heterocycles. The molecule has 1 N–H and O–H groups in total. The van der Waals surface area contributed by atoms with Gasteiger partial charge in [0.15, 0.2) is 0 Å². The van der Waals surface area contributed by atoms with Gasteiger partial charge in [0.25, 0.3) is 0 Å². The molecule has 0 bridgehead atoms. The van der Waals surface area contributed by atoms with Crippen molar-refractivity contribution in [3.8, 4) is 6.07 Å². The van der Waals surface area contributed by atoms with Crippen LogP contribution in [0.2, 0.25) is 5.02 Å². The fourth-order valence-electron chi connectivity index (χ4n) is 1.54. The predicted molar refractivity (Wildman–Crippen MR) is 67.4 cm³/mol. The van der Waals surface area contributed by atoms with E-state index < -0.39 is 0 Å². The second kappa shape index (κ2) is 5.34. The standard InChI is InChI=1S/C13H17ClN2/c1-13(2,3)16-11(9-15)8-10-6-4-5-7-12(10)14/h4-7,11,16H,8H2,1-3H3. The zero-order chi connectivity index (χ0) is 12.2. The highest BCUT2D eigenvalue weighted by Gasteiger charge is 2.17. The lowest BCUT2D eigenvalue weighted by atomic mass is 10.0. The first kappa shape index (κ1) is 13.0. The van der Waals surface area contributed by atoms with E-state index in [-0.39, 0.29) is 11.6 Å². The van der Waals surface area contributed by atoms with Gasteiger partial charge in [0, 0.05) is 17.0 Å². The van der Waals surface area contributed by atoms with Gasteiger partial charge in [-0.3, -0.25) is 5.32 Å². The van der Waals surface area contributed by atoms with Crippen LogP contribution in [0.4, 0.5) is 0 Å². The Morgan fingerprint density at radius 2 is 2.00 bits per heavy atom. The summed E-state index contributed by atoms with van der Waals surface area (Å²) in [5, 5.41) is 13.1. The summed E-state index contributed by atoms with van der Waals surface area (Å²) in [6, 6.07) is 9.69. The smallest absolute Gasteiger partial charge is 0.0998 e. The van der Waals surface area contributed by atoms with Crippen molar-refractivity contribution in [3.05, 3.63) is 34.9 Å². The van der Waals surface area contributed by atoms with E-state index in [1.807, 2.05) is 45.0 Å². The molecule has 3 heteroatoms. The van der Waals surface area contributed by atoms with Gasteiger partial charge in [-0.1, -0.05) is 29.8 Å². The van der Waals surface area contributed by atoms with Crippen molar-refractivity contribution in [3.63, 3.8) is 0 Å². The second-order valence-electron chi connectivity index (χ2n) is 4.87. The van der Waals surface area contributed by atoms with Crippen LogP contribution in [0.25, 0.3) is 0 Å². The average molecular weight is 237 g/mol. The van der Waals surface area contributed by atoms with Crippen LogP contribution >= 0.6 is 11.6 Å². The molecule has 1 aromatic rings. The Morgan fingerprint density at radius 1 is 1.38 bits per heavy atom. The zero-order valence-corrected chi connectivity index (χ0v) is 10.7. The number of hydrogen-bond acceptors (Lipinski definition) is 2. The first-order chi connectivity index (χ1) is 7.42.